The number of aryl methyl sites for hydroxylation is 1. The van der Waals surface area contributed by atoms with Crippen LogP contribution in [-0.4, -0.2) is 5.54 Å². The van der Waals surface area contributed by atoms with Crippen molar-refractivity contribution in [1.82, 2.24) is 0 Å². The third-order valence-electron chi connectivity index (χ3n) is 4.05. The second-order valence-corrected chi connectivity index (χ2v) is 7.14. The van der Waals surface area contributed by atoms with Gasteiger partial charge in [-0.25, -0.2) is 0 Å². The Hall–Kier alpha value is -0.340. The first-order valence-corrected chi connectivity index (χ1v) is 7.18. The van der Waals surface area contributed by atoms with Crippen molar-refractivity contribution in [3.8, 4) is 0 Å². The van der Waals surface area contributed by atoms with E-state index in [4.69, 9.17) is 5.73 Å². The first kappa shape index (κ1) is 12.1. The molecule has 16 heavy (non-hydrogen) atoms. The molecule has 2 heteroatoms. The van der Waals surface area contributed by atoms with Crippen LogP contribution < -0.4 is 5.73 Å². The maximum atomic E-state index is 6.50. The first-order valence-electron chi connectivity index (χ1n) is 6.31. The van der Waals surface area contributed by atoms with E-state index in [2.05, 4.69) is 31.4 Å². The maximum absolute atomic E-state index is 6.50. The van der Waals surface area contributed by atoms with E-state index in [1.54, 1.807) is 0 Å². The molecule has 0 radical (unpaired) electrons. The van der Waals surface area contributed by atoms with E-state index < -0.39 is 0 Å². The molecule has 0 bridgehead atoms. The molecule has 0 amide bonds. The van der Waals surface area contributed by atoms with Gasteiger partial charge >= 0.3 is 0 Å². The molecule has 1 nitrogen and oxygen atoms in total. The van der Waals surface area contributed by atoms with Gasteiger partial charge in [0.05, 0.1) is 0 Å². The smallest absolute Gasteiger partial charge is 0.0158 e. The van der Waals surface area contributed by atoms with E-state index in [1.807, 2.05) is 11.3 Å². The fourth-order valence-corrected chi connectivity index (χ4v) is 3.21. The number of hydrogen-bond donors (Lipinski definition) is 1. The van der Waals surface area contributed by atoms with Crippen LogP contribution in [0.15, 0.2) is 17.5 Å². The molecule has 0 aromatic carbocycles. The lowest BCUT2D eigenvalue weighted by Gasteiger charge is -2.41. The molecule has 90 valence electrons. The fourth-order valence-electron chi connectivity index (χ4n) is 2.50. The molecular weight excluding hydrogens is 214 g/mol. The molecule has 1 aromatic rings. The molecule has 0 atom stereocenters. The topological polar surface area (TPSA) is 26.0 Å². The van der Waals surface area contributed by atoms with E-state index in [9.17, 15) is 0 Å². The summed E-state index contributed by atoms with van der Waals surface area (Å²) >= 11 is 1.85. The Balaban J connectivity index is 1.85. The number of nitrogens with two attached hydrogens (primary N) is 1. The molecule has 2 rings (SSSR count). The Morgan fingerprint density at radius 3 is 2.50 bits per heavy atom. The Morgan fingerprint density at radius 2 is 1.94 bits per heavy atom. The van der Waals surface area contributed by atoms with Crippen LogP contribution in [0.2, 0.25) is 0 Å². The van der Waals surface area contributed by atoms with Crippen LogP contribution >= 0.6 is 11.3 Å². The van der Waals surface area contributed by atoms with Gasteiger partial charge in [0.25, 0.3) is 0 Å². The van der Waals surface area contributed by atoms with Crippen molar-refractivity contribution >= 4 is 11.3 Å². The molecule has 0 saturated heterocycles. The highest BCUT2D eigenvalue weighted by molar-refractivity contribution is 7.09. The van der Waals surface area contributed by atoms with Gasteiger partial charge in [-0.1, -0.05) is 19.9 Å². The first-order chi connectivity index (χ1) is 7.49. The third-order valence-corrected chi connectivity index (χ3v) is 4.98. The second kappa shape index (κ2) is 4.50. The SMILES string of the molecule is CC1(C)CCC(N)(CCc2cccs2)CC1. The summed E-state index contributed by atoms with van der Waals surface area (Å²) in [5, 5.41) is 2.16. The lowest BCUT2D eigenvalue weighted by molar-refractivity contribution is 0.158. The molecule has 1 fully saturated rings. The molecule has 1 heterocycles. The van der Waals surface area contributed by atoms with Crippen molar-refractivity contribution in [3.05, 3.63) is 22.4 Å². The average molecular weight is 237 g/mol. The van der Waals surface area contributed by atoms with Crippen LogP contribution in [-0.2, 0) is 6.42 Å². The van der Waals surface area contributed by atoms with E-state index >= 15 is 0 Å². The quantitative estimate of drug-likeness (QED) is 0.845. The zero-order chi connectivity index (χ0) is 11.6. The zero-order valence-electron chi connectivity index (χ0n) is 10.5. The van der Waals surface area contributed by atoms with Crippen LogP contribution in [0.1, 0.15) is 50.8 Å². The molecule has 1 aromatic heterocycles. The van der Waals surface area contributed by atoms with Gasteiger partial charge in [-0.05, 0) is 55.4 Å². The maximum Gasteiger partial charge on any atom is 0.0158 e. The van der Waals surface area contributed by atoms with Crippen molar-refractivity contribution in [2.75, 3.05) is 0 Å². The summed E-state index contributed by atoms with van der Waals surface area (Å²) in [6, 6.07) is 4.36. The van der Waals surface area contributed by atoms with Crippen molar-refractivity contribution in [2.24, 2.45) is 11.1 Å². The van der Waals surface area contributed by atoms with Gasteiger partial charge in [0.15, 0.2) is 0 Å². The Morgan fingerprint density at radius 1 is 1.25 bits per heavy atom. The summed E-state index contributed by atoms with van der Waals surface area (Å²) in [4.78, 5) is 1.48. The summed E-state index contributed by atoms with van der Waals surface area (Å²) in [5.41, 5.74) is 7.13. The molecule has 2 N–H and O–H groups in total. The summed E-state index contributed by atoms with van der Waals surface area (Å²) in [5.74, 6) is 0. The number of thiophene rings is 1. The lowest BCUT2D eigenvalue weighted by atomic mass is 9.68. The van der Waals surface area contributed by atoms with E-state index in [1.165, 1.54) is 30.6 Å². The third kappa shape index (κ3) is 3.08. The Bertz CT molecular complexity index is 317. The predicted molar refractivity (Wildman–Crippen MR) is 71.8 cm³/mol. The van der Waals surface area contributed by atoms with E-state index in [0.717, 1.165) is 12.8 Å². The van der Waals surface area contributed by atoms with Gasteiger partial charge in [0.1, 0.15) is 0 Å². The van der Waals surface area contributed by atoms with Crippen LogP contribution in [0.25, 0.3) is 0 Å². The lowest BCUT2D eigenvalue weighted by Crippen LogP contribution is -2.45. The van der Waals surface area contributed by atoms with Crippen LogP contribution in [0.5, 0.6) is 0 Å². The van der Waals surface area contributed by atoms with Gasteiger partial charge in [-0.2, -0.15) is 0 Å². The Labute approximate surface area is 103 Å². The average Bonchev–Trinajstić information content (AvgIpc) is 2.74. The summed E-state index contributed by atoms with van der Waals surface area (Å²) in [6.45, 7) is 4.73. The second-order valence-electron chi connectivity index (χ2n) is 6.11. The van der Waals surface area contributed by atoms with Gasteiger partial charge in [-0.3, -0.25) is 0 Å². The summed E-state index contributed by atoms with van der Waals surface area (Å²) in [7, 11) is 0. The van der Waals surface area contributed by atoms with E-state index in [-0.39, 0.29) is 5.54 Å². The molecule has 0 unspecified atom stereocenters. The standard InChI is InChI=1S/C14H23NS/c1-13(2)7-9-14(15,10-8-13)6-5-12-4-3-11-16-12/h3-4,11H,5-10,15H2,1-2H3. The van der Waals surface area contributed by atoms with E-state index in [0.29, 0.717) is 5.41 Å². The van der Waals surface area contributed by atoms with Gasteiger partial charge in [-0.15, -0.1) is 11.3 Å². The predicted octanol–water partition coefficient (Wildman–Crippen LogP) is 3.98. The highest BCUT2D eigenvalue weighted by atomic mass is 32.1. The summed E-state index contributed by atoms with van der Waals surface area (Å²) < 4.78 is 0. The van der Waals surface area contributed by atoms with Crippen LogP contribution in [0.4, 0.5) is 0 Å². The molecule has 1 aliphatic rings. The van der Waals surface area contributed by atoms with Gasteiger partial charge < -0.3 is 5.73 Å². The number of hydrogen-bond acceptors (Lipinski definition) is 2. The fraction of sp³-hybridized carbons (Fsp3) is 0.714. The highest BCUT2D eigenvalue weighted by Gasteiger charge is 2.34. The minimum atomic E-state index is 0.111. The molecule has 0 aliphatic heterocycles. The van der Waals surface area contributed by atoms with Crippen LogP contribution in [0.3, 0.4) is 0 Å². The van der Waals surface area contributed by atoms with Gasteiger partial charge in [0, 0.05) is 10.4 Å². The minimum Gasteiger partial charge on any atom is -0.325 e. The monoisotopic (exact) mass is 237 g/mol. The van der Waals surface area contributed by atoms with Gasteiger partial charge in [0.2, 0.25) is 0 Å². The van der Waals surface area contributed by atoms with Crippen LogP contribution in [0, 0.1) is 5.41 Å². The molecular formula is C14H23NS. The highest BCUT2D eigenvalue weighted by Crippen LogP contribution is 2.40. The Kier molecular flexibility index (Phi) is 3.41. The number of rotatable bonds is 3. The van der Waals surface area contributed by atoms with Crippen molar-refractivity contribution < 1.29 is 0 Å². The molecule has 0 spiro atoms. The normalized spacial score (nSPS) is 23.2. The van der Waals surface area contributed by atoms with Crippen molar-refractivity contribution in [3.63, 3.8) is 0 Å². The molecule has 1 aliphatic carbocycles. The zero-order valence-corrected chi connectivity index (χ0v) is 11.3. The van der Waals surface area contributed by atoms with Crippen molar-refractivity contribution in [1.29, 1.82) is 0 Å². The largest absolute Gasteiger partial charge is 0.325 e. The minimum absolute atomic E-state index is 0.111. The molecule has 1 saturated carbocycles. The van der Waals surface area contributed by atoms with Crippen molar-refractivity contribution in [2.45, 2.75) is 57.9 Å². The summed E-state index contributed by atoms with van der Waals surface area (Å²) in [6.07, 6.45) is 7.29.